The van der Waals surface area contributed by atoms with Gasteiger partial charge in [-0.15, -0.1) is 0 Å². The van der Waals surface area contributed by atoms with Crippen molar-refractivity contribution in [3.8, 4) is 44.8 Å². The Morgan fingerprint density at radius 1 is 0.222 bits per heavy atom. The van der Waals surface area contributed by atoms with Crippen molar-refractivity contribution >= 4 is 54.4 Å². The fourth-order valence-electron chi connectivity index (χ4n) is 8.49. The number of aromatic nitrogens is 2. The lowest BCUT2D eigenvalue weighted by Crippen LogP contribution is -1.93. The standard InChI is InChI=1S/C52H34N2/c1-2-15-43(16-3-1)53-49-19-8-6-17-45(49)47-33-41(26-29-51(47)53)37-23-21-36(22-24-37)38-13-10-14-39(31-38)42-27-30-52-48(34-42)46-18-7-9-20-50(46)54(52)44-28-25-35-11-4-5-12-40(35)32-44/h1-34H. The summed E-state index contributed by atoms with van der Waals surface area (Å²) in [4.78, 5) is 0. The van der Waals surface area contributed by atoms with Gasteiger partial charge in [0.25, 0.3) is 0 Å². The normalized spacial score (nSPS) is 11.7. The molecule has 0 saturated heterocycles. The van der Waals surface area contributed by atoms with Crippen molar-refractivity contribution in [1.82, 2.24) is 9.13 Å². The molecule has 2 aromatic heterocycles. The first-order chi connectivity index (χ1) is 26.8. The van der Waals surface area contributed by atoms with Crippen LogP contribution in [0.25, 0.3) is 99.1 Å². The maximum Gasteiger partial charge on any atom is 0.0541 e. The summed E-state index contributed by atoms with van der Waals surface area (Å²) < 4.78 is 4.77. The summed E-state index contributed by atoms with van der Waals surface area (Å²) in [6, 6.07) is 75.2. The first-order valence-electron chi connectivity index (χ1n) is 18.6. The van der Waals surface area contributed by atoms with Gasteiger partial charge >= 0.3 is 0 Å². The van der Waals surface area contributed by atoms with Gasteiger partial charge in [0.15, 0.2) is 0 Å². The van der Waals surface area contributed by atoms with E-state index in [0.29, 0.717) is 0 Å². The summed E-state index contributed by atoms with van der Waals surface area (Å²) in [5, 5.41) is 7.55. The largest absolute Gasteiger partial charge is 0.309 e. The number of fused-ring (bicyclic) bond motifs is 7. The van der Waals surface area contributed by atoms with E-state index in [1.807, 2.05) is 0 Å². The maximum atomic E-state index is 2.40. The van der Waals surface area contributed by atoms with Crippen molar-refractivity contribution in [3.63, 3.8) is 0 Å². The monoisotopic (exact) mass is 686 g/mol. The predicted octanol–water partition coefficient (Wildman–Crippen LogP) is 14.0. The van der Waals surface area contributed by atoms with E-state index in [-0.39, 0.29) is 0 Å². The summed E-state index contributed by atoms with van der Waals surface area (Å²) in [6.45, 7) is 0. The lowest BCUT2D eigenvalue weighted by molar-refractivity contribution is 1.18. The Balaban J connectivity index is 0.945. The van der Waals surface area contributed by atoms with E-state index in [0.717, 1.165) is 0 Å². The van der Waals surface area contributed by atoms with Crippen LogP contribution in [0.15, 0.2) is 206 Å². The summed E-state index contributed by atoms with van der Waals surface area (Å²) in [5.74, 6) is 0. The molecule has 2 nitrogen and oxygen atoms in total. The second-order valence-corrected chi connectivity index (χ2v) is 14.2. The molecule has 0 radical (unpaired) electrons. The highest BCUT2D eigenvalue weighted by molar-refractivity contribution is 6.11. The number of nitrogens with zero attached hydrogens (tertiary/aromatic N) is 2. The Morgan fingerprint density at radius 2 is 0.685 bits per heavy atom. The topological polar surface area (TPSA) is 9.86 Å². The zero-order chi connectivity index (χ0) is 35.6. The Morgan fingerprint density at radius 3 is 1.33 bits per heavy atom. The van der Waals surface area contributed by atoms with Gasteiger partial charge in [0, 0.05) is 32.9 Å². The second-order valence-electron chi connectivity index (χ2n) is 14.2. The molecule has 54 heavy (non-hydrogen) atoms. The SMILES string of the molecule is c1ccc(-n2c3ccccc3c3cc(-c4ccc(-c5cccc(-c6ccc7c(c6)c6ccccc6n7-c6ccc7ccccc7c6)c5)cc4)ccc32)cc1. The zero-order valence-electron chi connectivity index (χ0n) is 29.5. The highest BCUT2D eigenvalue weighted by Gasteiger charge is 2.15. The molecule has 0 unspecified atom stereocenters. The summed E-state index contributed by atoms with van der Waals surface area (Å²) in [7, 11) is 0. The molecule has 0 bridgehead atoms. The molecule has 0 amide bonds. The van der Waals surface area contributed by atoms with E-state index in [2.05, 4.69) is 215 Å². The van der Waals surface area contributed by atoms with Crippen LogP contribution in [-0.2, 0) is 0 Å². The molecule has 0 aliphatic rings. The Labute approximate surface area is 313 Å². The molecule has 2 heterocycles. The second kappa shape index (κ2) is 12.2. The molecule has 2 heteroatoms. The van der Waals surface area contributed by atoms with Crippen LogP contribution in [0.3, 0.4) is 0 Å². The number of benzene rings is 9. The summed E-state index contributed by atoms with van der Waals surface area (Å²) in [6.07, 6.45) is 0. The maximum absolute atomic E-state index is 2.40. The van der Waals surface area contributed by atoms with Crippen LogP contribution in [0.2, 0.25) is 0 Å². The van der Waals surface area contributed by atoms with Crippen LogP contribution in [0.1, 0.15) is 0 Å². The van der Waals surface area contributed by atoms with Gasteiger partial charge in [0.1, 0.15) is 0 Å². The van der Waals surface area contributed by atoms with Crippen LogP contribution in [0.4, 0.5) is 0 Å². The molecule has 0 saturated carbocycles. The summed E-state index contributed by atoms with van der Waals surface area (Å²) in [5.41, 5.74) is 14.5. The van der Waals surface area contributed by atoms with Gasteiger partial charge in [0.2, 0.25) is 0 Å². The molecule has 0 fully saturated rings. The fourth-order valence-corrected chi connectivity index (χ4v) is 8.49. The molecule has 252 valence electrons. The van der Waals surface area contributed by atoms with Crippen LogP contribution < -0.4 is 0 Å². The Kier molecular flexibility index (Phi) is 6.90. The predicted molar refractivity (Wildman–Crippen MR) is 229 cm³/mol. The molecule has 0 atom stereocenters. The minimum Gasteiger partial charge on any atom is -0.309 e. The molecular formula is C52H34N2. The molecular weight excluding hydrogens is 653 g/mol. The van der Waals surface area contributed by atoms with Gasteiger partial charge in [-0.2, -0.15) is 0 Å². The van der Waals surface area contributed by atoms with Gasteiger partial charge in [-0.25, -0.2) is 0 Å². The third-order valence-electron chi connectivity index (χ3n) is 11.1. The number of rotatable bonds is 5. The molecule has 9 aromatic carbocycles. The molecule has 11 rings (SSSR count). The van der Waals surface area contributed by atoms with Crippen molar-refractivity contribution in [2.75, 3.05) is 0 Å². The number of hydrogen-bond donors (Lipinski definition) is 0. The van der Waals surface area contributed by atoms with Gasteiger partial charge in [-0.3, -0.25) is 0 Å². The molecule has 11 aromatic rings. The molecule has 0 aliphatic heterocycles. The van der Waals surface area contributed by atoms with E-state index in [1.165, 1.54) is 99.1 Å². The third-order valence-corrected chi connectivity index (χ3v) is 11.1. The van der Waals surface area contributed by atoms with Crippen molar-refractivity contribution in [2.24, 2.45) is 0 Å². The average Bonchev–Trinajstić information content (AvgIpc) is 3.76. The van der Waals surface area contributed by atoms with E-state index in [9.17, 15) is 0 Å². The minimum absolute atomic E-state index is 1.18. The van der Waals surface area contributed by atoms with Gasteiger partial charge in [0.05, 0.1) is 22.1 Å². The highest BCUT2D eigenvalue weighted by Crippen LogP contribution is 2.38. The van der Waals surface area contributed by atoms with Gasteiger partial charge in [-0.05, 0) is 111 Å². The third kappa shape index (κ3) is 4.88. The van der Waals surface area contributed by atoms with Gasteiger partial charge < -0.3 is 9.13 Å². The Bertz CT molecular complexity index is 3200. The van der Waals surface area contributed by atoms with Crippen molar-refractivity contribution in [2.45, 2.75) is 0 Å². The van der Waals surface area contributed by atoms with E-state index in [1.54, 1.807) is 0 Å². The molecule has 0 aliphatic carbocycles. The molecule has 0 N–H and O–H groups in total. The van der Waals surface area contributed by atoms with Crippen molar-refractivity contribution in [3.05, 3.63) is 206 Å². The average molecular weight is 687 g/mol. The summed E-state index contributed by atoms with van der Waals surface area (Å²) >= 11 is 0. The van der Waals surface area contributed by atoms with Crippen molar-refractivity contribution in [1.29, 1.82) is 0 Å². The number of hydrogen-bond acceptors (Lipinski definition) is 0. The van der Waals surface area contributed by atoms with Crippen molar-refractivity contribution < 1.29 is 0 Å². The lowest BCUT2D eigenvalue weighted by Gasteiger charge is -2.10. The minimum atomic E-state index is 1.18. The highest BCUT2D eigenvalue weighted by atomic mass is 15.0. The number of para-hydroxylation sites is 3. The van der Waals surface area contributed by atoms with Crippen LogP contribution in [0.5, 0.6) is 0 Å². The van der Waals surface area contributed by atoms with Gasteiger partial charge in [-0.1, -0.05) is 140 Å². The van der Waals surface area contributed by atoms with Crippen LogP contribution >= 0.6 is 0 Å². The smallest absolute Gasteiger partial charge is 0.0541 e. The van der Waals surface area contributed by atoms with E-state index >= 15 is 0 Å². The molecule has 0 spiro atoms. The van der Waals surface area contributed by atoms with Crippen LogP contribution in [-0.4, -0.2) is 9.13 Å². The zero-order valence-corrected chi connectivity index (χ0v) is 29.5. The van der Waals surface area contributed by atoms with E-state index in [4.69, 9.17) is 0 Å². The fraction of sp³-hybridized carbons (Fsp3) is 0. The van der Waals surface area contributed by atoms with Crippen LogP contribution in [0, 0.1) is 0 Å². The first-order valence-corrected chi connectivity index (χ1v) is 18.6. The first kappa shape index (κ1) is 30.5. The Hall–Kier alpha value is -7.16. The van der Waals surface area contributed by atoms with E-state index < -0.39 is 0 Å². The lowest BCUT2D eigenvalue weighted by atomic mass is 9.96. The quantitative estimate of drug-likeness (QED) is 0.171.